The summed E-state index contributed by atoms with van der Waals surface area (Å²) in [6.45, 7) is 7.18. The lowest BCUT2D eigenvalue weighted by molar-refractivity contribution is 0.375. The van der Waals surface area contributed by atoms with E-state index in [2.05, 4.69) is 17.4 Å². The standard InChI is InChI=1S/C13H22N2O/c1-9(12-6-4-5-7-12)14-8-13-10(2)15-16-11(13)3/h9,12,14H,4-8H2,1-3H3/t9-/m0/s1. The Bertz CT molecular complexity index is 320. The van der Waals surface area contributed by atoms with Gasteiger partial charge in [0.2, 0.25) is 0 Å². The van der Waals surface area contributed by atoms with E-state index in [4.69, 9.17) is 4.52 Å². The molecule has 1 aliphatic rings. The van der Waals surface area contributed by atoms with Gasteiger partial charge in [0.15, 0.2) is 0 Å². The van der Waals surface area contributed by atoms with Crippen LogP contribution in [0.15, 0.2) is 4.52 Å². The zero-order valence-electron chi connectivity index (χ0n) is 10.5. The van der Waals surface area contributed by atoms with Crippen molar-refractivity contribution in [2.45, 2.75) is 59.0 Å². The maximum absolute atomic E-state index is 5.16. The molecule has 0 spiro atoms. The van der Waals surface area contributed by atoms with Gasteiger partial charge in [0.25, 0.3) is 0 Å². The third kappa shape index (κ3) is 2.46. The van der Waals surface area contributed by atoms with Gasteiger partial charge < -0.3 is 9.84 Å². The average molecular weight is 222 g/mol. The first-order valence-electron chi connectivity index (χ1n) is 6.33. The predicted molar refractivity (Wildman–Crippen MR) is 64.2 cm³/mol. The molecule has 0 aromatic carbocycles. The molecule has 1 aliphatic carbocycles. The van der Waals surface area contributed by atoms with Gasteiger partial charge in [-0.25, -0.2) is 0 Å². The summed E-state index contributed by atoms with van der Waals surface area (Å²) in [6.07, 6.45) is 5.58. The number of nitrogens with one attached hydrogen (secondary N) is 1. The molecule has 1 heterocycles. The lowest BCUT2D eigenvalue weighted by Crippen LogP contribution is -2.32. The Morgan fingerprint density at radius 1 is 1.38 bits per heavy atom. The number of nitrogens with zero attached hydrogens (tertiary/aromatic N) is 1. The SMILES string of the molecule is Cc1noc(C)c1CN[C@@H](C)C1CCCC1. The van der Waals surface area contributed by atoms with Gasteiger partial charge in [-0.3, -0.25) is 0 Å². The van der Waals surface area contributed by atoms with Crippen LogP contribution in [0.3, 0.4) is 0 Å². The molecule has 1 N–H and O–H groups in total. The molecule has 1 aromatic heterocycles. The predicted octanol–water partition coefficient (Wildman–Crippen LogP) is 2.96. The van der Waals surface area contributed by atoms with Gasteiger partial charge in [-0.1, -0.05) is 18.0 Å². The van der Waals surface area contributed by atoms with Gasteiger partial charge in [0, 0.05) is 18.2 Å². The Balaban J connectivity index is 1.87. The maximum atomic E-state index is 5.16. The van der Waals surface area contributed by atoms with Gasteiger partial charge in [0.05, 0.1) is 5.69 Å². The number of rotatable bonds is 4. The fourth-order valence-electron chi connectivity index (χ4n) is 2.64. The normalized spacial score (nSPS) is 19.2. The number of aryl methyl sites for hydroxylation is 2. The summed E-state index contributed by atoms with van der Waals surface area (Å²) in [5, 5.41) is 7.59. The molecule has 3 nitrogen and oxygen atoms in total. The fourth-order valence-corrected chi connectivity index (χ4v) is 2.64. The van der Waals surface area contributed by atoms with Gasteiger partial charge >= 0.3 is 0 Å². The van der Waals surface area contributed by atoms with Crippen LogP contribution < -0.4 is 5.32 Å². The molecule has 0 amide bonds. The summed E-state index contributed by atoms with van der Waals surface area (Å²) in [5.74, 6) is 1.81. The molecule has 0 aliphatic heterocycles. The monoisotopic (exact) mass is 222 g/mol. The molecule has 2 rings (SSSR count). The van der Waals surface area contributed by atoms with E-state index in [0.29, 0.717) is 6.04 Å². The van der Waals surface area contributed by atoms with E-state index in [1.807, 2.05) is 13.8 Å². The second-order valence-corrected chi connectivity index (χ2v) is 5.02. The van der Waals surface area contributed by atoms with Crippen molar-refractivity contribution in [3.63, 3.8) is 0 Å². The topological polar surface area (TPSA) is 38.1 Å². The Morgan fingerprint density at radius 3 is 2.62 bits per heavy atom. The van der Waals surface area contributed by atoms with Crippen LogP contribution in [0, 0.1) is 19.8 Å². The lowest BCUT2D eigenvalue weighted by atomic mass is 9.99. The molecule has 0 radical (unpaired) electrons. The van der Waals surface area contributed by atoms with E-state index in [-0.39, 0.29) is 0 Å². The first-order valence-corrected chi connectivity index (χ1v) is 6.33. The molecule has 3 heteroatoms. The summed E-state index contributed by atoms with van der Waals surface area (Å²) in [4.78, 5) is 0. The summed E-state index contributed by atoms with van der Waals surface area (Å²) >= 11 is 0. The lowest BCUT2D eigenvalue weighted by Gasteiger charge is -2.20. The highest BCUT2D eigenvalue weighted by Gasteiger charge is 2.21. The summed E-state index contributed by atoms with van der Waals surface area (Å²) in [6, 6.07) is 0.608. The number of hydrogen-bond acceptors (Lipinski definition) is 3. The third-order valence-electron chi connectivity index (χ3n) is 3.89. The van der Waals surface area contributed by atoms with E-state index >= 15 is 0 Å². The van der Waals surface area contributed by atoms with Crippen molar-refractivity contribution in [3.05, 3.63) is 17.0 Å². The molecule has 1 atom stereocenters. The zero-order valence-corrected chi connectivity index (χ0v) is 10.5. The summed E-state index contributed by atoms with van der Waals surface area (Å²) in [7, 11) is 0. The molecule has 1 fully saturated rings. The van der Waals surface area contributed by atoms with Crippen LogP contribution in [-0.2, 0) is 6.54 Å². The van der Waals surface area contributed by atoms with Gasteiger partial charge in [-0.2, -0.15) is 0 Å². The van der Waals surface area contributed by atoms with Crippen LogP contribution in [0.2, 0.25) is 0 Å². The van der Waals surface area contributed by atoms with Crippen LogP contribution >= 0.6 is 0 Å². The quantitative estimate of drug-likeness (QED) is 0.851. The number of hydrogen-bond donors (Lipinski definition) is 1. The van der Waals surface area contributed by atoms with E-state index in [1.54, 1.807) is 0 Å². The molecule has 90 valence electrons. The van der Waals surface area contributed by atoms with E-state index in [1.165, 1.54) is 31.2 Å². The van der Waals surface area contributed by atoms with Crippen LogP contribution in [-0.4, -0.2) is 11.2 Å². The van der Waals surface area contributed by atoms with Crippen LogP contribution in [0.4, 0.5) is 0 Å². The van der Waals surface area contributed by atoms with Crippen molar-refractivity contribution in [1.29, 1.82) is 0 Å². The van der Waals surface area contributed by atoms with Crippen molar-refractivity contribution in [3.8, 4) is 0 Å². The van der Waals surface area contributed by atoms with Crippen molar-refractivity contribution in [2.75, 3.05) is 0 Å². The molecule has 1 saturated carbocycles. The fraction of sp³-hybridized carbons (Fsp3) is 0.769. The molecular formula is C13H22N2O. The molecule has 0 unspecified atom stereocenters. The number of aromatic nitrogens is 1. The van der Waals surface area contributed by atoms with E-state index < -0.39 is 0 Å². The van der Waals surface area contributed by atoms with Crippen molar-refractivity contribution in [1.82, 2.24) is 10.5 Å². The zero-order chi connectivity index (χ0) is 11.5. The van der Waals surface area contributed by atoms with Crippen molar-refractivity contribution in [2.24, 2.45) is 5.92 Å². The Kier molecular flexibility index (Phi) is 3.64. The Hall–Kier alpha value is -0.830. The molecule has 0 bridgehead atoms. The minimum atomic E-state index is 0.608. The van der Waals surface area contributed by atoms with Gasteiger partial charge in [-0.05, 0) is 39.5 Å². The van der Waals surface area contributed by atoms with Crippen LogP contribution in [0.5, 0.6) is 0 Å². The first-order chi connectivity index (χ1) is 7.68. The van der Waals surface area contributed by atoms with Gasteiger partial charge in [-0.15, -0.1) is 0 Å². The molecular weight excluding hydrogens is 200 g/mol. The Morgan fingerprint density at radius 2 is 2.06 bits per heavy atom. The minimum Gasteiger partial charge on any atom is -0.361 e. The highest BCUT2D eigenvalue weighted by Crippen LogP contribution is 2.27. The second kappa shape index (κ2) is 5.00. The highest BCUT2D eigenvalue weighted by atomic mass is 16.5. The molecule has 16 heavy (non-hydrogen) atoms. The minimum absolute atomic E-state index is 0.608. The van der Waals surface area contributed by atoms with Crippen LogP contribution in [0.25, 0.3) is 0 Å². The second-order valence-electron chi connectivity index (χ2n) is 5.02. The summed E-state index contributed by atoms with van der Waals surface area (Å²) in [5.41, 5.74) is 2.24. The Labute approximate surface area is 97.6 Å². The van der Waals surface area contributed by atoms with Crippen LogP contribution in [0.1, 0.15) is 49.6 Å². The van der Waals surface area contributed by atoms with E-state index in [9.17, 15) is 0 Å². The first kappa shape index (κ1) is 11.6. The largest absolute Gasteiger partial charge is 0.361 e. The van der Waals surface area contributed by atoms with Crippen molar-refractivity contribution < 1.29 is 4.52 Å². The molecule has 1 aromatic rings. The van der Waals surface area contributed by atoms with E-state index in [0.717, 1.165) is 23.9 Å². The smallest absolute Gasteiger partial charge is 0.138 e. The third-order valence-corrected chi connectivity index (χ3v) is 3.89. The van der Waals surface area contributed by atoms with Crippen molar-refractivity contribution >= 4 is 0 Å². The van der Waals surface area contributed by atoms with Gasteiger partial charge in [0.1, 0.15) is 5.76 Å². The highest BCUT2D eigenvalue weighted by molar-refractivity contribution is 5.20. The molecule has 0 saturated heterocycles. The average Bonchev–Trinajstić information content (AvgIpc) is 2.87. The maximum Gasteiger partial charge on any atom is 0.138 e. The summed E-state index contributed by atoms with van der Waals surface area (Å²) < 4.78 is 5.16.